The van der Waals surface area contributed by atoms with Gasteiger partial charge in [0.25, 0.3) is 5.69 Å². The Morgan fingerprint density at radius 3 is 2.65 bits per heavy atom. The van der Waals surface area contributed by atoms with Gasteiger partial charge in [-0.1, -0.05) is 42.1 Å². The summed E-state index contributed by atoms with van der Waals surface area (Å²) in [5.41, 5.74) is 2.96. The second-order valence-electron chi connectivity index (χ2n) is 5.47. The Kier molecular flexibility index (Phi) is 4.34. The topological polar surface area (TPSA) is 58.7 Å². The van der Waals surface area contributed by atoms with Crippen molar-refractivity contribution in [1.29, 1.82) is 0 Å². The SMILES string of the molecule is Cc1cc([N+](=O)[O-])ccc1N=C1SC[C@H](c2ccccc2)N1C. The number of nitro benzene ring substituents is 1. The number of hydrogen-bond donors (Lipinski definition) is 0. The second-order valence-corrected chi connectivity index (χ2v) is 6.46. The predicted octanol–water partition coefficient (Wildman–Crippen LogP) is 4.31. The lowest BCUT2D eigenvalue weighted by Gasteiger charge is -2.21. The Balaban J connectivity index is 1.85. The molecule has 1 fully saturated rings. The molecule has 23 heavy (non-hydrogen) atoms. The maximum absolute atomic E-state index is 10.8. The van der Waals surface area contributed by atoms with E-state index in [0.29, 0.717) is 6.04 Å². The van der Waals surface area contributed by atoms with Crippen molar-refractivity contribution in [2.75, 3.05) is 12.8 Å². The second kappa shape index (κ2) is 6.42. The minimum Gasteiger partial charge on any atom is -0.346 e. The van der Waals surface area contributed by atoms with Gasteiger partial charge in [-0.3, -0.25) is 10.1 Å². The van der Waals surface area contributed by atoms with Crippen molar-refractivity contribution in [2.45, 2.75) is 13.0 Å². The molecule has 118 valence electrons. The summed E-state index contributed by atoms with van der Waals surface area (Å²) in [5.74, 6) is 0.950. The molecule has 0 unspecified atom stereocenters. The highest BCUT2D eigenvalue weighted by molar-refractivity contribution is 8.14. The Morgan fingerprint density at radius 1 is 1.26 bits per heavy atom. The summed E-state index contributed by atoms with van der Waals surface area (Å²) in [6.45, 7) is 1.85. The predicted molar refractivity (Wildman–Crippen MR) is 94.3 cm³/mol. The highest BCUT2D eigenvalue weighted by Crippen LogP contribution is 2.35. The Morgan fingerprint density at radius 2 is 2.00 bits per heavy atom. The van der Waals surface area contributed by atoms with E-state index in [1.165, 1.54) is 11.6 Å². The number of benzene rings is 2. The van der Waals surface area contributed by atoms with Crippen LogP contribution >= 0.6 is 11.8 Å². The van der Waals surface area contributed by atoms with Gasteiger partial charge in [0.05, 0.1) is 16.7 Å². The minimum atomic E-state index is -0.383. The zero-order valence-corrected chi connectivity index (χ0v) is 13.8. The summed E-state index contributed by atoms with van der Waals surface area (Å²) < 4.78 is 0. The van der Waals surface area contributed by atoms with E-state index in [9.17, 15) is 10.1 Å². The average Bonchev–Trinajstić information content (AvgIpc) is 2.91. The number of nitro groups is 1. The maximum Gasteiger partial charge on any atom is 0.269 e. The van der Waals surface area contributed by atoms with E-state index in [4.69, 9.17) is 4.99 Å². The first-order valence-corrected chi connectivity index (χ1v) is 8.29. The van der Waals surface area contributed by atoms with Crippen LogP contribution in [0, 0.1) is 17.0 Å². The molecule has 0 bridgehead atoms. The Hall–Kier alpha value is -2.34. The van der Waals surface area contributed by atoms with E-state index in [-0.39, 0.29) is 10.6 Å². The highest BCUT2D eigenvalue weighted by atomic mass is 32.2. The number of aliphatic imine (C=N–C) groups is 1. The molecule has 1 aliphatic heterocycles. The monoisotopic (exact) mass is 327 g/mol. The molecular formula is C17H17N3O2S. The molecule has 2 aromatic carbocycles. The van der Waals surface area contributed by atoms with Crippen LogP contribution in [0.2, 0.25) is 0 Å². The van der Waals surface area contributed by atoms with Gasteiger partial charge < -0.3 is 4.90 Å². The maximum atomic E-state index is 10.8. The summed E-state index contributed by atoms with van der Waals surface area (Å²) in [4.78, 5) is 17.3. The van der Waals surface area contributed by atoms with Crippen LogP contribution in [0.1, 0.15) is 17.2 Å². The molecule has 1 heterocycles. The fourth-order valence-electron chi connectivity index (χ4n) is 2.59. The van der Waals surface area contributed by atoms with Crippen molar-refractivity contribution in [3.05, 3.63) is 69.8 Å². The minimum absolute atomic E-state index is 0.0982. The van der Waals surface area contributed by atoms with Gasteiger partial charge in [0.15, 0.2) is 5.17 Å². The number of rotatable bonds is 3. The molecular weight excluding hydrogens is 310 g/mol. The summed E-state index contributed by atoms with van der Waals surface area (Å²) in [6.07, 6.45) is 0. The van der Waals surface area contributed by atoms with Gasteiger partial charge in [0.2, 0.25) is 0 Å². The van der Waals surface area contributed by atoms with Crippen molar-refractivity contribution in [2.24, 2.45) is 4.99 Å². The molecule has 2 aromatic rings. The van der Waals surface area contributed by atoms with Crippen molar-refractivity contribution in [3.63, 3.8) is 0 Å². The summed E-state index contributed by atoms with van der Waals surface area (Å²) >= 11 is 1.71. The van der Waals surface area contributed by atoms with E-state index >= 15 is 0 Å². The van der Waals surface area contributed by atoms with Gasteiger partial charge in [-0.2, -0.15) is 0 Å². The molecule has 0 amide bonds. The third-order valence-corrected chi connectivity index (χ3v) is 5.05. The van der Waals surface area contributed by atoms with E-state index in [1.807, 2.05) is 32.2 Å². The summed E-state index contributed by atoms with van der Waals surface area (Å²) in [6, 6.07) is 15.4. The summed E-state index contributed by atoms with van der Waals surface area (Å²) in [5, 5.41) is 11.8. The van der Waals surface area contributed by atoms with E-state index in [0.717, 1.165) is 22.2 Å². The first-order valence-electron chi connectivity index (χ1n) is 7.30. The van der Waals surface area contributed by atoms with Crippen LogP contribution in [0.3, 0.4) is 0 Å². The number of thioether (sulfide) groups is 1. The quantitative estimate of drug-likeness (QED) is 0.622. The molecule has 3 rings (SSSR count). The van der Waals surface area contributed by atoms with E-state index in [2.05, 4.69) is 17.0 Å². The molecule has 0 aliphatic carbocycles. The van der Waals surface area contributed by atoms with Crippen LogP contribution in [0.5, 0.6) is 0 Å². The molecule has 0 N–H and O–H groups in total. The lowest BCUT2D eigenvalue weighted by Crippen LogP contribution is -2.22. The van der Waals surface area contributed by atoms with Crippen molar-refractivity contribution >= 4 is 28.3 Å². The van der Waals surface area contributed by atoms with Crippen molar-refractivity contribution in [1.82, 2.24) is 4.90 Å². The number of non-ortho nitro benzene ring substituents is 1. The number of amidine groups is 1. The largest absolute Gasteiger partial charge is 0.346 e. The van der Waals surface area contributed by atoms with Crippen molar-refractivity contribution < 1.29 is 4.92 Å². The van der Waals surface area contributed by atoms with Gasteiger partial charge >= 0.3 is 0 Å². The fraction of sp³-hybridized carbons (Fsp3) is 0.235. The first-order chi connectivity index (χ1) is 11.1. The van der Waals surface area contributed by atoms with Gasteiger partial charge in [-0.05, 0) is 24.1 Å². The number of nitrogens with zero attached hydrogens (tertiary/aromatic N) is 3. The van der Waals surface area contributed by atoms with Crippen LogP contribution in [0.25, 0.3) is 0 Å². The van der Waals surface area contributed by atoms with Crippen LogP contribution in [-0.2, 0) is 0 Å². The van der Waals surface area contributed by atoms with E-state index < -0.39 is 0 Å². The lowest BCUT2D eigenvalue weighted by atomic mass is 10.1. The van der Waals surface area contributed by atoms with Gasteiger partial charge in [0.1, 0.15) is 0 Å². The van der Waals surface area contributed by atoms with Gasteiger partial charge in [0, 0.05) is 24.9 Å². The molecule has 1 aliphatic rings. The Labute approximate surface area is 139 Å². The van der Waals surface area contributed by atoms with Crippen LogP contribution in [-0.4, -0.2) is 27.8 Å². The third-order valence-electron chi connectivity index (χ3n) is 3.93. The standard InChI is InChI=1S/C17H17N3O2S/c1-12-10-14(20(21)22)8-9-15(12)18-17-19(2)16(11-23-17)13-6-4-3-5-7-13/h3-10,16H,11H2,1-2H3/t16-/m1/s1. The first kappa shape index (κ1) is 15.6. The zero-order valence-electron chi connectivity index (χ0n) is 13.0. The number of hydrogen-bond acceptors (Lipinski definition) is 4. The fourth-order valence-corrected chi connectivity index (χ4v) is 3.81. The molecule has 6 heteroatoms. The van der Waals surface area contributed by atoms with Crippen LogP contribution < -0.4 is 0 Å². The Bertz CT molecular complexity index is 762. The average molecular weight is 327 g/mol. The molecule has 0 radical (unpaired) electrons. The van der Waals surface area contributed by atoms with E-state index in [1.54, 1.807) is 23.9 Å². The smallest absolute Gasteiger partial charge is 0.269 e. The number of aryl methyl sites for hydroxylation is 1. The van der Waals surface area contributed by atoms with Crippen LogP contribution in [0.15, 0.2) is 53.5 Å². The molecule has 5 nitrogen and oxygen atoms in total. The molecule has 0 aromatic heterocycles. The van der Waals surface area contributed by atoms with Gasteiger partial charge in [-0.15, -0.1) is 0 Å². The molecule has 0 saturated carbocycles. The molecule has 0 spiro atoms. The lowest BCUT2D eigenvalue weighted by molar-refractivity contribution is -0.384. The highest BCUT2D eigenvalue weighted by Gasteiger charge is 2.28. The normalized spacial score (nSPS) is 19.3. The van der Waals surface area contributed by atoms with Crippen LogP contribution in [0.4, 0.5) is 11.4 Å². The van der Waals surface area contributed by atoms with Crippen molar-refractivity contribution in [3.8, 4) is 0 Å². The molecule has 1 atom stereocenters. The third kappa shape index (κ3) is 3.22. The zero-order chi connectivity index (χ0) is 16.4. The van der Waals surface area contributed by atoms with Gasteiger partial charge in [-0.25, -0.2) is 4.99 Å². The molecule has 1 saturated heterocycles. The summed E-state index contributed by atoms with van der Waals surface area (Å²) in [7, 11) is 2.04.